The van der Waals surface area contributed by atoms with E-state index in [-0.39, 0.29) is 20.1 Å². The second-order valence-electron chi connectivity index (χ2n) is 8.99. The van der Waals surface area contributed by atoms with E-state index < -0.39 is 17.8 Å². The van der Waals surface area contributed by atoms with E-state index in [1.165, 1.54) is 0 Å². The average molecular weight is 697 g/mol. The van der Waals surface area contributed by atoms with E-state index in [9.17, 15) is 0 Å². The molecule has 0 spiro atoms. The molecule has 0 aromatic carbocycles. The van der Waals surface area contributed by atoms with Gasteiger partial charge in [0.2, 0.25) is 0 Å². The molecule has 9 nitrogen and oxygen atoms in total. The van der Waals surface area contributed by atoms with Crippen LogP contribution in [0.4, 0.5) is 0 Å². The van der Waals surface area contributed by atoms with Gasteiger partial charge in [-0.3, -0.25) is 29.9 Å². The summed E-state index contributed by atoms with van der Waals surface area (Å²) in [5.41, 5.74) is 6.53. The Morgan fingerprint density at radius 3 is 0.875 bits per heavy atom. The minimum atomic E-state index is -0.403. The molecular weight excluding hydrogens is 679 g/mol. The summed E-state index contributed by atoms with van der Waals surface area (Å²) >= 11 is 0. The molecule has 6 aromatic heterocycles. The minimum Gasteiger partial charge on any atom is -0.391 e. The van der Waals surface area contributed by atoms with Gasteiger partial charge < -0.3 is 15.0 Å². The third-order valence-electron chi connectivity index (χ3n) is 6.60. The molecule has 10 heteroatoms. The molecule has 6 aromatic rings. The van der Waals surface area contributed by atoms with Gasteiger partial charge in [0.1, 0.15) is 0 Å². The molecule has 7 heterocycles. The fourth-order valence-electron chi connectivity index (χ4n) is 4.92. The average Bonchev–Trinajstić information content (AvgIpc) is 3.00. The van der Waals surface area contributed by atoms with Gasteiger partial charge in [-0.05, 0) is 0 Å². The summed E-state index contributed by atoms with van der Waals surface area (Å²) in [6.07, 6.45) is 20.8. The number of hydrogen-bond acceptors (Lipinski definition) is 9. The van der Waals surface area contributed by atoms with Gasteiger partial charge in [-0.25, -0.2) is 0 Å². The fraction of sp³-hybridized carbons (Fsp3) is 0.100. The Balaban J connectivity index is 0.00000289. The van der Waals surface area contributed by atoms with Crippen LogP contribution in [0.25, 0.3) is 0 Å². The maximum atomic E-state index is 5.10. The second-order valence-corrected chi connectivity index (χ2v) is 8.99. The number of hydrogen-bond donors (Lipinski definition) is 0. The Morgan fingerprint density at radius 2 is 0.650 bits per heavy atom. The van der Waals surface area contributed by atoms with Crippen LogP contribution in [0.1, 0.15) is 68.6 Å². The van der Waals surface area contributed by atoms with Crippen molar-refractivity contribution in [3.05, 3.63) is 162 Å². The minimum absolute atomic E-state index is 0. The monoisotopic (exact) mass is 697 g/mol. The van der Waals surface area contributed by atoms with Crippen LogP contribution in [0.15, 0.2) is 92.6 Å². The van der Waals surface area contributed by atoms with Crippen molar-refractivity contribution in [2.45, 2.75) is 17.8 Å². The van der Waals surface area contributed by atoms with Crippen molar-refractivity contribution in [3.8, 4) is 0 Å². The van der Waals surface area contributed by atoms with E-state index in [1.807, 2.05) is 0 Å². The first-order chi connectivity index (χ1) is 19.3. The Morgan fingerprint density at radius 1 is 0.375 bits per heavy atom. The molecule has 0 aliphatic carbocycles. The van der Waals surface area contributed by atoms with Crippen molar-refractivity contribution < 1.29 is 20.1 Å². The van der Waals surface area contributed by atoms with Crippen molar-refractivity contribution in [2.75, 3.05) is 0 Å². The molecule has 0 fully saturated rings. The van der Waals surface area contributed by atoms with Crippen LogP contribution in [0.2, 0.25) is 0 Å². The van der Waals surface area contributed by atoms with Crippen LogP contribution < -0.4 is 0 Å². The zero-order valence-corrected chi connectivity index (χ0v) is 23.1. The third-order valence-corrected chi connectivity index (χ3v) is 6.60. The fourth-order valence-corrected chi connectivity index (χ4v) is 4.92. The first-order valence-corrected chi connectivity index (χ1v) is 12.3. The molecule has 1 aliphatic heterocycles. The second kappa shape index (κ2) is 11.2. The SMILES string of the molecule is [Ir+3].[c-]1ccncc1C1c2cncc(n2)C(c2[c-]ccnc2)c2cncc(n2)C(c2[c-]ccnc2)c2cncc1n2. The summed E-state index contributed by atoms with van der Waals surface area (Å²) in [7, 11) is 0. The predicted molar refractivity (Wildman–Crippen MR) is 138 cm³/mol. The molecule has 6 bridgehead atoms. The molecule has 0 unspecified atom stereocenters. The summed E-state index contributed by atoms with van der Waals surface area (Å²) in [5, 5.41) is 0. The quantitative estimate of drug-likeness (QED) is 0.256. The number of rotatable bonds is 3. The molecule has 40 heavy (non-hydrogen) atoms. The van der Waals surface area contributed by atoms with Gasteiger partial charge in [-0.1, -0.05) is 37.2 Å². The number of nitrogens with zero attached hydrogens (tertiary/aromatic N) is 9. The van der Waals surface area contributed by atoms with Gasteiger partial charge >= 0.3 is 20.1 Å². The van der Waals surface area contributed by atoms with E-state index in [0.29, 0.717) is 34.2 Å². The summed E-state index contributed by atoms with van der Waals surface area (Å²) < 4.78 is 0. The molecule has 192 valence electrons. The van der Waals surface area contributed by atoms with Crippen LogP contribution in [0, 0.1) is 18.2 Å². The van der Waals surface area contributed by atoms with Crippen molar-refractivity contribution in [3.63, 3.8) is 0 Å². The van der Waals surface area contributed by atoms with Crippen LogP contribution >= 0.6 is 0 Å². The van der Waals surface area contributed by atoms with E-state index >= 15 is 0 Å². The smallest absolute Gasteiger partial charge is 0.391 e. The zero-order chi connectivity index (χ0) is 26.0. The standard InChI is InChI=1S/C30H18N9.Ir/c1-4-19(10-31-7-1)28-22-13-34-15-24(37-22)29(20-5-2-8-32-11-20)26-17-36-18-27(39-26)30(21-6-3-9-33-12-21)25-16-35-14-23(28)38-25;/h1-3,7-18,28-30H;/q-3;+3. The van der Waals surface area contributed by atoms with Gasteiger partial charge in [-0.15, -0.1) is 16.7 Å². The van der Waals surface area contributed by atoms with Gasteiger partial charge in [-0.2, -0.15) is 36.4 Å². The van der Waals surface area contributed by atoms with Crippen molar-refractivity contribution in [1.29, 1.82) is 0 Å². The third kappa shape index (κ3) is 4.79. The molecule has 1 aliphatic rings. The Labute approximate surface area is 243 Å². The normalized spacial score (nSPS) is 17.6. The van der Waals surface area contributed by atoms with E-state index in [4.69, 9.17) is 15.0 Å². The Kier molecular flexibility index (Phi) is 7.18. The van der Waals surface area contributed by atoms with Crippen molar-refractivity contribution in [2.24, 2.45) is 0 Å². The first kappa shape index (κ1) is 25.6. The Hall–Kier alpha value is -4.66. The largest absolute Gasteiger partial charge is 3.00 e. The van der Waals surface area contributed by atoms with E-state index in [1.54, 1.807) is 92.6 Å². The maximum absolute atomic E-state index is 5.10. The molecule has 0 saturated carbocycles. The van der Waals surface area contributed by atoms with E-state index in [0.717, 1.165) is 16.7 Å². The molecule has 0 saturated heterocycles. The number of pyridine rings is 3. The molecule has 0 radical (unpaired) electrons. The number of fused-ring (bicyclic) bond motifs is 6. The molecule has 0 atom stereocenters. The topological polar surface area (TPSA) is 116 Å². The van der Waals surface area contributed by atoms with Gasteiger partial charge in [0, 0.05) is 37.2 Å². The van der Waals surface area contributed by atoms with Crippen LogP contribution in [-0.4, -0.2) is 44.9 Å². The number of aromatic nitrogens is 9. The summed E-state index contributed by atoms with van der Waals surface area (Å²) in [6.45, 7) is 0. The summed E-state index contributed by atoms with van der Waals surface area (Å²) in [5.74, 6) is -1.21. The van der Waals surface area contributed by atoms with Crippen LogP contribution in [0.5, 0.6) is 0 Å². The van der Waals surface area contributed by atoms with Gasteiger partial charge in [0.15, 0.2) is 0 Å². The van der Waals surface area contributed by atoms with Crippen LogP contribution in [0.3, 0.4) is 0 Å². The van der Waals surface area contributed by atoms with Gasteiger partial charge in [0.25, 0.3) is 0 Å². The summed E-state index contributed by atoms with van der Waals surface area (Å²) in [6, 6.07) is 15.3. The first-order valence-electron chi connectivity index (χ1n) is 12.3. The van der Waals surface area contributed by atoms with Gasteiger partial charge in [0.05, 0.1) is 51.9 Å². The summed E-state index contributed by atoms with van der Waals surface area (Å²) in [4.78, 5) is 42.1. The van der Waals surface area contributed by atoms with Crippen molar-refractivity contribution >= 4 is 0 Å². The molecule has 0 N–H and O–H groups in total. The molecule has 7 rings (SSSR count). The van der Waals surface area contributed by atoms with Crippen LogP contribution in [-0.2, 0) is 20.1 Å². The van der Waals surface area contributed by atoms with E-state index in [2.05, 4.69) is 48.1 Å². The van der Waals surface area contributed by atoms with Crippen molar-refractivity contribution in [1.82, 2.24) is 44.9 Å². The zero-order valence-electron chi connectivity index (χ0n) is 20.8. The Bertz CT molecular complexity index is 1470. The maximum Gasteiger partial charge on any atom is 3.00 e. The predicted octanol–water partition coefficient (Wildman–Crippen LogP) is 3.49. The molecule has 0 amide bonds. The molecular formula is C30H18IrN9.